The van der Waals surface area contributed by atoms with Gasteiger partial charge in [-0.25, -0.2) is 0 Å². The highest BCUT2D eigenvalue weighted by Crippen LogP contribution is 2.43. The SMILES string of the molecule is C=C/C=C(\C=N)c1cccc2oc3cc(-c4ccc(N(c5ccc(-c6ccccc6)cc5)c5ccc(-c6ccccc6)cc5)cc4)c4ccccc4c3c12. The molecular formula is C51H36N2O. The smallest absolute Gasteiger partial charge is 0.136 e. The van der Waals surface area contributed by atoms with Gasteiger partial charge in [-0.1, -0.05) is 152 Å². The average molecular weight is 693 g/mol. The molecule has 0 aliphatic heterocycles. The zero-order valence-corrected chi connectivity index (χ0v) is 29.6. The summed E-state index contributed by atoms with van der Waals surface area (Å²) in [6.45, 7) is 3.87. The van der Waals surface area contributed by atoms with Crippen LogP contribution in [-0.2, 0) is 0 Å². The quantitative estimate of drug-likeness (QED) is 0.121. The number of anilines is 3. The van der Waals surface area contributed by atoms with Crippen molar-refractivity contribution >= 4 is 61.6 Å². The van der Waals surface area contributed by atoms with E-state index in [4.69, 9.17) is 9.83 Å². The first-order chi connectivity index (χ1) is 26.7. The maximum absolute atomic E-state index is 8.12. The van der Waals surface area contributed by atoms with Crippen LogP contribution >= 0.6 is 0 Å². The third-order valence-corrected chi connectivity index (χ3v) is 10.2. The van der Waals surface area contributed by atoms with Crippen LogP contribution in [0.5, 0.6) is 0 Å². The Kier molecular flexibility index (Phi) is 8.51. The third-order valence-electron chi connectivity index (χ3n) is 10.2. The van der Waals surface area contributed by atoms with Gasteiger partial charge in [-0.15, -0.1) is 0 Å². The molecule has 9 rings (SSSR count). The monoisotopic (exact) mass is 692 g/mol. The fraction of sp³-hybridized carbons (Fsp3) is 0. The van der Waals surface area contributed by atoms with E-state index in [0.717, 1.165) is 72.0 Å². The Labute approximate surface area is 314 Å². The van der Waals surface area contributed by atoms with E-state index in [0.29, 0.717) is 0 Å². The summed E-state index contributed by atoms with van der Waals surface area (Å²) in [4.78, 5) is 2.31. The van der Waals surface area contributed by atoms with Crippen LogP contribution in [0.3, 0.4) is 0 Å². The van der Waals surface area contributed by atoms with E-state index >= 15 is 0 Å². The minimum Gasteiger partial charge on any atom is -0.456 e. The molecule has 54 heavy (non-hydrogen) atoms. The molecule has 0 radical (unpaired) electrons. The number of hydrogen-bond donors (Lipinski definition) is 1. The van der Waals surface area contributed by atoms with Crippen LogP contribution in [0.2, 0.25) is 0 Å². The summed E-state index contributed by atoms with van der Waals surface area (Å²) in [6.07, 6.45) is 4.98. The molecule has 0 aliphatic carbocycles. The minimum absolute atomic E-state index is 0.788. The lowest BCUT2D eigenvalue weighted by Gasteiger charge is -2.26. The van der Waals surface area contributed by atoms with Gasteiger partial charge >= 0.3 is 0 Å². The van der Waals surface area contributed by atoms with E-state index in [1.807, 2.05) is 30.3 Å². The van der Waals surface area contributed by atoms with E-state index in [9.17, 15) is 0 Å². The molecule has 0 fully saturated rings. The summed E-state index contributed by atoms with van der Waals surface area (Å²) in [7, 11) is 0. The first kappa shape index (κ1) is 32.7. The van der Waals surface area contributed by atoms with Crippen molar-refractivity contribution in [2.75, 3.05) is 4.90 Å². The minimum atomic E-state index is 0.788. The molecular weight excluding hydrogens is 657 g/mol. The van der Waals surface area contributed by atoms with Gasteiger partial charge in [-0.05, 0) is 104 Å². The normalized spacial score (nSPS) is 11.6. The number of benzene rings is 8. The molecule has 1 N–H and O–H groups in total. The van der Waals surface area contributed by atoms with E-state index in [2.05, 4.69) is 169 Å². The molecule has 0 atom stereocenters. The molecule has 0 bridgehead atoms. The first-order valence-electron chi connectivity index (χ1n) is 18.1. The molecule has 0 saturated heterocycles. The average Bonchev–Trinajstić information content (AvgIpc) is 3.63. The predicted octanol–water partition coefficient (Wildman–Crippen LogP) is 14.4. The van der Waals surface area contributed by atoms with Gasteiger partial charge in [-0.3, -0.25) is 0 Å². The van der Waals surface area contributed by atoms with Gasteiger partial charge < -0.3 is 14.7 Å². The fourth-order valence-electron chi connectivity index (χ4n) is 7.61. The lowest BCUT2D eigenvalue weighted by Crippen LogP contribution is -2.09. The Bertz CT molecular complexity index is 2730. The van der Waals surface area contributed by atoms with Crippen LogP contribution in [0.15, 0.2) is 205 Å². The Morgan fingerprint density at radius 3 is 1.52 bits per heavy atom. The first-order valence-corrected chi connectivity index (χ1v) is 18.1. The van der Waals surface area contributed by atoms with E-state index in [1.54, 1.807) is 6.08 Å². The second kappa shape index (κ2) is 14.1. The summed E-state index contributed by atoms with van der Waals surface area (Å²) in [6, 6.07) is 64.1. The van der Waals surface area contributed by atoms with Crippen LogP contribution < -0.4 is 4.90 Å². The van der Waals surface area contributed by atoms with Gasteiger partial charge in [0.15, 0.2) is 0 Å². The number of hydrogen-bond acceptors (Lipinski definition) is 3. The highest BCUT2D eigenvalue weighted by atomic mass is 16.3. The number of rotatable bonds is 9. The molecule has 0 amide bonds. The lowest BCUT2D eigenvalue weighted by molar-refractivity contribution is 0.669. The molecule has 3 nitrogen and oxygen atoms in total. The zero-order valence-electron chi connectivity index (χ0n) is 29.6. The topological polar surface area (TPSA) is 40.2 Å². The van der Waals surface area contributed by atoms with Crippen LogP contribution in [0.4, 0.5) is 17.1 Å². The van der Waals surface area contributed by atoms with E-state index in [1.165, 1.54) is 28.5 Å². The van der Waals surface area contributed by atoms with Crippen LogP contribution in [0.1, 0.15) is 5.56 Å². The summed E-state index contributed by atoms with van der Waals surface area (Å²) >= 11 is 0. The van der Waals surface area contributed by atoms with Crippen molar-refractivity contribution in [1.29, 1.82) is 5.41 Å². The summed E-state index contributed by atoms with van der Waals surface area (Å²) in [5.74, 6) is 0. The Morgan fingerprint density at radius 1 is 0.481 bits per heavy atom. The van der Waals surface area contributed by atoms with Crippen molar-refractivity contribution in [2.24, 2.45) is 0 Å². The van der Waals surface area contributed by atoms with Crippen molar-refractivity contribution < 1.29 is 4.42 Å². The molecule has 1 aromatic heterocycles. The molecule has 8 aromatic carbocycles. The predicted molar refractivity (Wildman–Crippen MR) is 229 cm³/mol. The van der Waals surface area contributed by atoms with E-state index < -0.39 is 0 Å². The van der Waals surface area contributed by atoms with Crippen LogP contribution in [0.25, 0.3) is 71.7 Å². The van der Waals surface area contributed by atoms with Gasteiger partial charge in [0.2, 0.25) is 0 Å². The Balaban J connectivity index is 1.15. The zero-order chi connectivity index (χ0) is 36.4. The fourth-order valence-corrected chi connectivity index (χ4v) is 7.61. The number of allylic oxidation sites excluding steroid dienone is 3. The Hall–Kier alpha value is -7.23. The van der Waals surface area contributed by atoms with Gasteiger partial charge in [0.05, 0.1) is 0 Å². The summed E-state index contributed by atoms with van der Waals surface area (Å²) < 4.78 is 6.56. The number of fused-ring (bicyclic) bond motifs is 5. The number of nitrogens with one attached hydrogen (secondary N) is 1. The van der Waals surface area contributed by atoms with Gasteiger partial charge in [-0.2, -0.15) is 0 Å². The van der Waals surface area contributed by atoms with Crippen molar-refractivity contribution in [3.63, 3.8) is 0 Å². The molecule has 3 heteroatoms. The Morgan fingerprint density at radius 2 is 0.981 bits per heavy atom. The van der Waals surface area contributed by atoms with Gasteiger partial charge in [0.25, 0.3) is 0 Å². The van der Waals surface area contributed by atoms with Crippen LogP contribution in [-0.4, -0.2) is 6.21 Å². The second-order valence-electron chi connectivity index (χ2n) is 13.3. The van der Waals surface area contributed by atoms with Gasteiger partial charge in [0.1, 0.15) is 11.2 Å². The van der Waals surface area contributed by atoms with Crippen LogP contribution in [0, 0.1) is 5.41 Å². The van der Waals surface area contributed by atoms with Gasteiger partial charge in [0, 0.05) is 34.0 Å². The summed E-state index contributed by atoms with van der Waals surface area (Å²) in [5.41, 5.74) is 13.5. The standard InChI is InChI=1S/C51H36N2O/c1-2-12-40(34-52)44-19-11-20-48-50(44)51-46-18-10-9-17-45(46)47(33-49(51)54-48)39-25-31-43(32-26-39)53(41-27-21-37(22-28-41)35-13-5-3-6-14-35)42-29-23-38(24-30-42)36-15-7-4-8-16-36/h2-34,52H,1H2/b40-12+,52-34?. The third kappa shape index (κ3) is 5.88. The molecule has 1 heterocycles. The summed E-state index contributed by atoms with van der Waals surface area (Å²) in [5, 5.41) is 12.4. The van der Waals surface area contributed by atoms with Crippen molar-refractivity contribution in [1.82, 2.24) is 0 Å². The van der Waals surface area contributed by atoms with Crippen molar-refractivity contribution in [3.8, 4) is 33.4 Å². The molecule has 0 aliphatic rings. The second-order valence-corrected chi connectivity index (χ2v) is 13.3. The molecule has 256 valence electrons. The highest BCUT2D eigenvalue weighted by Gasteiger charge is 2.19. The maximum atomic E-state index is 8.12. The molecule has 0 unspecified atom stereocenters. The number of nitrogens with zero attached hydrogens (tertiary/aromatic N) is 1. The molecule has 0 spiro atoms. The largest absolute Gasteiger partial charge is 0.456 e. The number of furan rings is 1. The van der Waals surface area contributed by atoms with E-state index in [-0.39, 0.29) is 0 Å². The van der Waals surface area contributed by atoms with Crippen molar-refractivity contribution in [3.05, 3.63) is 206 Å². The molecule has 9 aromatic rings. The highest BCUT2D eigenvalue weighted by molar-refractivity contribution is 6.26. The maximum Gasteiger partial charge on any atom is 0.136 e. The molecule has 0 saturated carbocycles. The van der Waals surface area contributed by atoms with Crippen molar-refractivity contribution in [2.45, 2.75) is 0 Å². The lowest BCUT2D eigenvalue weighted by atomic mass is 9.92.